The van der Waals surface area contributed by atoms with Crippen LogP contribution in [-0.4, -0.2) is 24.6 Å². The lowest BCUT2D eigenvalue weighted by molar-refractivity contribution is 0.0601. The standard InChI is InChI=1S/C15H16N2O2/c1-9-4-3-5-10-13(15(18)19-2)11-8-16-7-6-12(11)17-14(9)10/h3-5,16H,6-8H2,1-2H3. The normalized spacial score (nSPS) is 14.2. The van der Waals surface area contributed by atoms with Crippen LogP contribution in [0.15, 0.2) is 18.2 Å². The van der Waals surface area contributed by atoms with Crippen molar-refractivity contribution in [3.05, 3.63) is 40.6 Å². The van der Waals surface area contributed by atoms with Gasteiger partial charge in [-0.2, -0.15) is 0 Å². The van der Waals surface area contributed by atoms with Gasteiger partial charge < -0.3 is 10.1 Å². The molecule has 0 saturated carbocycles. The maximum absolute atomic E-state index is 12.1. The number of ether oxygens (including phenoxy) is 1. The van der Waals surface area contributed by atoms with Gasteiger partial charge >= 0.3 is 5.97 Å². The molecule has 19 heavy (non-hydrogen) atoms. The average Bonchev–Trinajstić information content (AvgIpc) is 2.45. The number of aromatic nitrogens is 1. The van der Waals surface area contributed by atoms with E-state index in [0.29, 0.717) is 12.1 Å². The van der Waals surface area contributed by atoms with Crippen molar-refractivity contribution < 1.29 is 9.53 Å². The highest BCUT2D eigenvalue weighted by Crippen LogP contribution is 2.28. The Kier molecular flexibility index (Phi) is 2.95. The van der Waals surface area contributed by atoms with Gasteiger partial charge in [-0.1, -0.05) is 18.2 Å². The van der Waals surface area contributed by atoms with Crippen molar-refractivity contribution in [3.8, 4) is 0 Å². The van der Waals surface area contributed by atoms with Crippen molar-refractivity contribution in [1.82, 2.24) is 10.3 Å². The van der Waals surface area contributed by atoms with Crippen molar-refractivity contribution in [3.63, 3.8) is 0 Å². The second kappa shape index (κ2) is 4.63. The molecule has 4 heteroatoms. The molecule has 4 nitrogen and oxygen atoms in total. The van der Waals surface area contributed by atoms with E-state index in [1.54, 1.807) is 0 Å². The third kappa shape index (κ3) is 1.88. The van der Waals surface area contributed by atoms with Crippen molar-refractivity contribution in [2.24, 2.45) is 0 Å². The Hall–Kier alpha value is -1.94. The van der Waals surface area contributed by atoms with Gasteiger partial charge in [0.15, 0.2) is 0 Å². The summed E-state index contributed by atoms with van der Waals surface area (Å²) < 4.78 is 4.96. The average molecular weight is 256 g/mol. The van der Waals surface area contributed by atoms with Gasteiger partial charge in [0.1, 0.15) is 0 Å². The van der Waals surface area contributed by atoms with Crippen molar-refractivity contribution in [2.75, 3.05) is 13.7 Å². The van der Waals surface area contributed by atoms with Crippen molar-refractivity contribution in [1.29, 1.82) is 0 Å². The number of carbonyl (C=O) groups is 1. The molecule has 0 atom stereocenters. The fraction of sp³-hybridized carbons (Fsp3) is 0.333. The number of carbonyl (C=O) groups excluding carboxylic acids is 1. The fourth-order valence-electron chi connectivity index (χ4n) is 2.67. The Labute approximate surface area is 111 Å². The summed E-state index contributed by atoms with van der Waals surface area (Å²) in [5.74, 6) is -0.280. The van der Waals surface area contributed by atoms with Crippen LogP contribution in [0.4, 0.5) is 0 Å². The number of rotatable bonds is 1. The van der Waals surface area contributed by atoms with E-state index in [1.165, 1.54) is 7.11 Å². The topological polar surface area (TPSA) is 51.2 Å². The predicted octanol–water partition coefficient (Wildman–Crippen LogP) is 1.98. The minimum Gasteiger partial charge on any atom is -0.465 e. The Bertz CT molecular complexity index is 665. The molecule has 1 aliphatic rings. The van der Waals surface area contributed by atoms with Crippen LogP contribution in [0.25, 0.3) is 10.9 Å². The highest BCUT2D eigenvalue weighted by atomic mass is 16.5. The van der Waals surface area contributed by atoms with E-state index < -0.39 is 0 Å². The van der Waals surface area contributed by atoms with E-state index in [-0.39, 0.29) is 5.97 Å². The van der Waals surface area contributed by atoms with Gasteiger partial charge in [0.25, 0.3) is 0 Å². The molecule has 2 aromatic rings. The van der Waals surface area contributed by atoms with Crippen LogP contribution >= 0.6 is 0 Å². The number of hydrogen-bond acceptors (Lipinski definition) is 4. The fourth-order valence-corrected chi connectivity index (χ4v) is 2.67. The molecule has 0 spiro atoms. The number of pyridine rings is 1. The molecule has 98 valence electrons. The first-order chi connectivity index (χ1) is 9.22. The molecule has 0 radical (unpaired) electrons. The molecule has 0 fully saturated rings. The number of fused-ring (bicyclic) bond motifs is 2. The van der Waals surface area contributed by atoms with E-state index in [9.17, 15) is 4.79 Å². The Morgan fingerprint density at radius 2 is 2.26 bits per heavy atom. The smallest absolute Gasteiger partial charge is 0.338 e. The first kappa shape index (κ1) is 12.1. The van der Waals surface area contributed by atoms with Crippen LogP contribution in [0.1, 0.15) is 27.2 Å². The summed E-state index contributed by atoms with van der Waals surface area (Å²) in [5.41, 5.74) is 4.66. The number of aryl methyl sites for hydroxylation is 1. The van der Waals surface area contributed by atoms with Crippen LogP contribution in [-0.2, 0) is 17.7 Å². The molecular formula is C15H16N2O2. The second-order valence-electron chi connectivity index (χ2n) is 4.80. The molecule has 0 saturated heterocycles. The summed E-state index contributed by atoms with van der Waals surface area (Å²) in [4.78, 5) is 16.9. The van der Waals surface area contributed by atoms with Crippen LogP contribution in [0.5, 0.6) is 0 Å². The molecule has 1 N–H and O–H groups in total. The van der Waals surface area contributed by atoms with E-state index in [2.05, 4.69) is 5.32 Å². The van der Waals surface area contributed by atoms with Gasteiger partial charge in [0, 0.05) is 36.2 Å². The van der Waals surface area contributed by atoms with Crippen LogP contribution in [0, 0.1) is 6.92 Å². The number of para-hydroxylation sites is 1. The molecule has 3 rings (SSSR count). The van der Waals surface area contributed by atoms with Gasteiger partial charge in [-0.25, -0.2) is 4.79 Å². The summed E-state index contributed by atoms with van der Waals surface area (Å²) >= 11 is 0. The van der Waals surface area contributed by atoms with E-state index in [0.717, 1.165) is 40.7 Å². The van der Waals surface area contributed by atoms with Crippen LogP contribution in [0.2, 0.25) is 0 Å². The predicted molar refractivity (Wildman–Crippen MR) is 73.2 cm³/mol. The summed E-state index contributed by atoms with van der Waals surface area (Å²) in [6, 6.07) is 5.91. The van der Waals surface area contributed by atoms with E-state index in [4.69, 9.17) is 9.72 Å². The van der Waals surface area contributed by atoms with Crippen molar-refractivity contribution in [2.45, 2.75) is 19.9 Å². The van der Waals surface area contributed by atoms with Crippen LogP contribution < -0.4 is 5.32 Å². The number of hydrogen-bond donors (Lipinski definition) is 1. The van der Waals surface area contributed by atoms with Gasteiger partial charge in [-0.3, -0.25) is 4.98 Å². The molecular weight excluding hydrogens is 240 g/mol. The summed E-state index contributed by atoms with van der Waals surface area (Å²) in [6.45, 7) is 3.60. The second-order valence-corrected chi connectivity index (χ2v) is 4.80. The van der Waals surface area contributed by atoms with E-state index in [1.807, 2.05) is 25.1 Å². The maximum atomic E-state index is 12.1. The zero-order valence-electron chi connectivity index (χ0n) is 11.1. The monoisotopic (exact) mass is 256 g/mol. The number of nitrogens with one attached hydrogen (secondary N) is 1. The highest BCUT2D eigenvalue weighted by Gasteiger charge is 2.23. The quantitative estimate of drug-likeness (QED) is 0.793. The molecule has 0 aliphatic carbocycles. The SMILES string of the molecule is COC(=O)c1c2c(nc3c(C)cccc13)CCNC2. The summed E-state index contributed by atoms with van der Waals surface area (Å²) in [5, 5.41) is 4.18. The number of esters is 1. The lowest BCUT2D eigenvalue weighted by atomic mass is 9.95. The number of benzene rings is 1. The highest BCUT2D eigenvalue weighted by molar-refractivity contribution is 6.05. The first-order valence-corrected chi connectivity index (χ1v) is 6.42. The summed E-state index contributed by atoms with van der Waals surface area (Å²) in [6.07, 6.45) is 0.851. The van der Waals surface area contributed by atoms with Gasteiger partial charge in [0.05, 0.1) is 18.2 Å². The largest absolute Gasteiger partial charge is 0.465 e. The van der Waals surface area contributed by atoms with Gasteiger partial charge in [-0.05, 0) is 12.5 Å². The Balaban J connectivity index is 2.40. The third-order valence-electron chi connectivity index (χ3n) is 3.63. The number of nitrogens with zero attached hydrogens (tertiary/aromatic N) is 1. The Morgan fingerprint density at radius 3 is 3.05 bits per heavy atom. The van der Waals surface area contributed by atoms with Gasteiger partial charge in [-0.15, -0.1) is 0 Å². The number of methoxy groups -OCH3 is 1. The first-order valence-electron chi connectivity index (χ1n) is 6.42. The zero-order valence-corrected chi connectivity index (χ0v) is 11.1. The van der Waals surface area contributed by atoms with Crippen LogP contribution in [0.3, 0.4) is 0 Å². The minimum atomic E-state index is -0.280. The molecule has 1 aliphatic heterocycles. The van der Waals surface area contributed by atoms with E-state index >= 15 is 0 Å². The Morgan fingerprint density at radius 1 is 1.42 bits per heavy atom. The third-order valence-corrected chi connectivity index (χ3v) is 3.63. The molecule has 1 aromatic carbocycles. The zero-order chi connectivity index (χ0) is 13.4. The molecule has 1 aromatic heterocycles. The molecule has 0 bridgehead atoms. The van der Waals surface area contributed by atoms with Gasteiger partial charge in [0.2, 0.25) is 0 Å². The minimum absolute atomic E-state index is 0.280. The molecule has 0 unspecified atom stereocenters. The maximum Gasteiger partial charge on any atom is 0.338 e. The lowest BCUT2D eigenvalue weighted by Crippen LogP contribution is -2.27. The lowest BCUT2D eigenvalue weighted by Gasteiger charge is -2.21. The molecule has 0 amide bonds. The summed E-state index contributed by atoms with van der Waals surface area (Å²) in [7, 11) is 1.42. The molecule has 2 heterocycles. The van der Waals surface area contributed by atoms with Crippen molar-refractivity contribution >= 4 is 16.9 Å².